The zero-order valence-electron chi connectivity index (χ0n) is 10.4. The maximum Gasteiger partial charge on any atom is 0.231 e. The lowest BCUT2D eigenvalue weighted by molar-refractivity contribution is -0.377. The second kappa shape index (κ2) is 5.96. The molecule has 2 N–H and O–H groups in total. The summed E-state index contributed by atoms with van der Waals surface area (Å²) in [6.45, 7) is 2.02. The summed E-state index contributed by atoms with van der Waals surface area (Å²) in [6.07, 6.45) is 4.37. The molecule has 0 bridgehead atoms. The van der Waals surface area contributed by atoms with Crippen LogP contribution in [-0.4, -0.2) is 5.91 Å². The van der Waals surface area contributed by atoms with E-state index in [1.54, 1.807) is 12.4 Å². The fraction of sp³-hybridized carbons (Fsp3) is 0.200. The Hall–Kier alpha value is -2.16. The van der Waals surface area contributed by atoms with Gasteiger partial charge in [0.2, 0.25) is 5.91 Å². The summed E-state index contributed by atoms with van der Waals surface area (Å²) in [5.41, 5.74) is 1.87. The molecule has 1 aromatic heterocycles. The third-order valence-corrected chi connectivity index (χ3v) is 2.91. The number of aromatic amines is 1. The van der Waals surface area contributed by atoms with Crippen LogP contribution in [0, 0.1) is 0 Å². The quantitative estimate of drug-likeness (QED) is 0.878. The van der Waals surface area contributed by atoms with E-state index in [2.05, 4.69) is 10.3 Å². The number of aromatic nitrogens is 1. The van der Waals surface area contributed by atoms with Crippen LogP contribution in [-0.2, 0) is 4.79 Å². The topological polar surface area (TPSA) is 43.2 Å². The normalized spacial score (nSPS) is 11.8. The highest BCUT2D eigenvalue weighted by atomic mass is 16.1. The minimum Gasteiger partial charge on any atom is -0.325 e. The first kappa shape index (κ1) is 12.3. The monoisotopic (exact) mass is 241 g/mol. The molecule has 3 heteroatoms. The van der Waals surface area contributed by atoms with Gasteiger partial charge in [0.05, 0.1) is 11.6 Å². The van der Waals surface area contributed by atoms with Gasteiger partial charge < -0.3 is 5.32 Å². The van der Waals surface area contributed by atoms with Gasteiger partial charge in [-0.1, -0.05) is 37.3 Å². The predicted molar refractivity (Wildman–Crippen MR) is 71.1 cm³/mol. The Labute approximate surface area is 107 Å². The molecule has 0 fully saturated rings. The highest BCUT2D eigenvalue weighted by molar-refractivity contribution is 5.95. The Morgan fingerprint density at radius 1 is 1.17 bits per heavy atom. The Morgan fingerprint density at radius 2 is 1.83 bits per heavy atom. The molecule has 0 radical (unpaired) electrons. The number of rotatable bonds is 4. The van der Waals surface area contributed by atoms with E-state index in [4.69, 9.17) is 0 Å². The number of hydrogen-bond donors (Lipinski definition) is 1. The Morgan fingerprint density at radius 3 is 2.44 bits per heavy atom. The summed E-state index contributed by atoms with van der Waals surface area (Å²) in [5, 5.41) is 2.93. The van der Waals surface area contributed by atoms with Gasteiger partial charge in [-0.3, -0.25) is 4.79 Å². The van der Waals surface area contributed by atoms with Gasteiger partial charge in [-0.2, -0.15) is 0 Å². The van der Waals surface area contributed by atoms with E-state index in [0.717, 1.165) is 17.7 Å². The molecule has 0 aliphatic carbocycles. The summed E-state index contributed by atoms with van der Waals surface area (Å²) in [5.74, 6) is -0.0646. The van der Waals surface area contributed by atoms with Crippen molar-refractivity contribution >= 4 is 11.6 Å². The second-order valence-electron chi connectivity index (χ2n) is 4.15. The van der Waals surface area contributed by atoms with Crippen LogP contribution in [0.2, 0.25) is 0 Å². The zero-order chi connectivity index (χ0) is 12.8. The molecule has 1 aromatic carbocycles. The third kappa shape index (κ3) is 2.94. The molecule has 0 aliphatic heterocycles. The second-order valence-corrected chi connectivity index (χ2v) is 4.15. The van der Waals surface area contributed by atoms with Crippen molar-refractivity contribution in [3.05, 3.63) is 60.4 Å². The third-order valence-electron chi connectivity index (χ3n) is 2.91. The minimum atomic E-state index is -0.101. The van der Waals surface area contributed by atoms with Crippen LogP contribution in [0.5, 0.6) is 0 Å². The number of benzene rings is 1. The van der Waals surface area contributed by atoms with Crippen molar-refractivity contribution in [2.45, 2.75) is 19.3 Å². The lowest BCUT2D eigenvalue weighted by Gasteiger charge is -2.14. The van der Waals surface area contributed by atoms with Crippen LogP contribution in [0.1, 0.15) is 24.8 Å². The van der Waals surface area contributed by atoms with Crippen LogP contribution in [0.4, 0.5) is 5.69 Å². The van der Waals surface area contributed by atoms with Gasteiger partial charge >= 0.3 is 0 Å². The van der Waals surface area contributed by atoms with E-state index in [-0.39, 0.29) is 11.8 Å². The van der Waals surface area contributed by atoms with Gasteiger partial charge in [0.25, 0.3) is 0 Å². The predicted octanol–water partition coefficient (Wildman–Crippen LogP) is 2.63. The first-order chi connectivity index (χ1) is 8.81. The van der Waals surface area contributed by atoms with Crippen LogP contribution in [0.25, 0.3) is 0 Å². The molecule has 92 valence electrons. The zero-order valence-corrected chi connectivity index (χ0v) is 10.4. The molecular weight excluding hydrogens is 224 g/mol. The molecule has 18 heavy (non-hydrogen) atoms. The molecule has 2 rings (SSSR count). The van der Waals surface area contributed by atoms with E-state index in [1.165, 1.54) is 0 Å². The van der Waals surface area contributed by atoms with Crippen LogP contribution in [0.15, 0.2) is 54.9 Å². The van der Waals surface area contributed by atoms with Gasteiger partial charge in [-0.15, -0.1) is 0 Å². The number of carbonyl (C=O) groups is 1. The number of H-pyrrole nitrogens is 1. The molecule has 1 amide bonds. The standard InChI is InChI=1S/C15H16N2O/c1-2-14(12-6-4-3-5-7-12)15(18)17-13-8-10-16-11-9-13/h3-11,14H,2H2,1H3,(H,16,17,18)/p+1. The number of anilines is 1. The highest BCUT2D eigenvalue weighted by Crippen LogP contribution is 2.21. The van der Waals surface area contributed by atoms with Crippen molar-refractivity contribution in [2.24, 2.45) is 0 Å². The molecule has 1 unspecified atom stereocenters. The molecule has 2 aromatic rings. The van der Waals surface area contributed by atoms with Crippen molar-refractivity contribution in [3.63, 3.8) is 0 Å². The minimum absolute atomic E-state index is 0.0369. The number of hydrogen-bond acceptors (Lipinski definition) is 1. The van der Waals surface area contributed by atoms with Crippen molar-refractivity contribution < 1.29 is 9.78 Å². The summed E-state index contributed by atoms with van der Waals surface area (Å²) in [4.78, 5) is 15.2. The first-order valence-electron chi connectivity index (χ1n) is 6.13. The fourth-order valence-electron chi connectivity index (χ4n) is 1.96. The van der Waals surface area contributed by atoms with E-state index < -0.39 is 0 Å². The van der Waals surface area contributed by atoms with Crippen molar-refractivity contribution in [2.75, 3.05) is 5.32 Å². The molecular formula is C15H17N2O+. The molecule has 1 heterocycles. The Balaban J connectivity index is 2.12. The largest absolute Gasteiger partial charge is 0.325 e. The van der Waals surface area contributed by atoms with Crippen LogP contribution >= 0.6 is 0 Å². The average molecular weight is 241 g/mol. The molecule has 1 atom stereocenters. The summed E-state index contributed by atoms with van der Waals surface area (Å²) in [7, 11) is 0. The fourth-order valence-corrected chi connectivity index (χ4v) is 1.96. The van der Waals surface area contributed by atoms with Crippen molar-refractivity contribution in [3.8, 4) is 0 Å². The smallest absolute Gasteiger partial charge is 0.231 e. The molecule has 3 nitrogen and oxygen atoms in total. The summed E-state index contributed by atoms with van der Waals surface area (Å²) >= 11 is 0. The maximum absolute atomic E-state index is 12.2. The van der Waals surface area contributed by atoms with Gasteiger partial charge in [-0.25, -0.2) is 4.98 Å². The van der Waals surface area contributed by atoms with Crippen molar-refractivity contribution in [1.82, 2.24) is 0 Å². The van der Waals surface area contributed by atoms with Gasteiger partial charge in [0.15, 0.2) is 12.4 Å². The first-order valence-corrected chi connectivity index (χ1v) is 6.13. The SMILES string of the molecule is CCC(C(=O)Nc1cc[nH+]cc1)c1ccccc1. The summed E-state index contributed by atoms with van der Waals surface area (Å²) < 4.78 is 0. The lowest BCUT2D eigenvalue weighted by atomic mass is 9.95. The molecule has 0 spiro atoms. The van der Waals surface area contributed by atoms with E-state index in [9.17, 15) is 4.79 Å². The maximum atomic E-state index is 12.2. The average Bonchev–Trinajstić information content (AvgIpc) is 2.42. The van der Waals surface area contributed by atoms with Gasteiger partial charge in [-0.05, 0) is 12.0 Å². The number of nitrogens with one attached hydrogen (secondary N) is 2. The van der Waals surface area contributed by atoms with Crippen LogP contribution in [0.3, 0.4) is 0 Å². The van der Waals surface area contributed by atoms with E-state index in [1.807, 2.05) is 49.4 Å². The van der Waals surface area contributed by atoms with Gasteiger partial charge in [0.1, 0.15) is 0 Å². The Bertz CT molecular complexity index is 496. The highest BCUT2D eigenvalue weighted by Gasteiger charge is 2.18. The number of amides is 1. The molecule has 0 saturated carbocycles. The number of carbonyl (C=O) groups excluding carboxylic acids is 1. The number of pyridine rings is 1. The molecule has 0 aliphatic rings. The summed E-state index contributed by atoms with van der Waals surface area (Å²) in [6, 6.07) is 13.6. The van der Waals surface area contributed by atoms with Crippen LogP contribution < -0.4 is 10.3 Å². The molecule has 0 saturated heterocycles. The van der Waals surface area contributed by atoms with E-state index in [0.29, 0.717) is 0 Å². The van der Waals surface area contributed by atoms with Gasteiger partial charge in [0, 0.05) is 12.1 Å². The van der Waals surface area contributed by atoms with Crippen molar-refractivity contribution in [1.29, 1.82) is 0 Å². The Kier molecular flexibility index (Phi) is 4.07. The van der Waals surface area contributed by atoms with E-state index >= 15 is 0 Å². The lowest BCUT2D eigenvalue weighted by Crippen LogP contribution is -2.21.